The van der Waals surface area contributed by atoms with Crippen molar-refractivity contribution in [2.45, 2.75) is 6.54 Å². The molecule has 1 aromatic carbocycles. The third-order valence-corrected chi connectivity index (χ3v) is 3.65. The summed E-state index contributed by atoms with van der Waals surface area (Å²) in [6, 6.07) is 7.95. The van der Waals surface area contributed by atoms with Crippen LogP contribution in [0.1, 0.15) is 5.01 Å². The van der Waals surface area contributed by atoms with Gasteiger partial charge in [-0.3, -0.25) is 4.79 Å². The number of carbonyl (C=O) groups excluding carboxylic acids is 1. The molecule has 0 saturated heterocycles. The van der Waals surface area contributed by atoms with Crippen molar-refractivity contribution in [2.75, 3.05) is 26.8 Å². The molecular weight excluding hydrogens is 262 g/mol. The molecule has 2 rings (SSSR count). The molecule has 2 N–H and O–H groups in total. The molecule has 1 amide bonds. The Bertz CT molecular complexity index is 523. The fraction of sp³-hybridized carbons (Fsp3) is 0.385. The summed E-state index contributed by atoms with van der Waals surface area (Å²) in [4.78, 5) is 17.9. The number of benzene rings is 1. The normalized spacial score (nSPS) is 10.8. The van der Waals surface area contributed by atoms with E-state index in [0.29, 0.717) is 19.7 Å². The Labute approximate surface area is 116 Å². The van der Waals surface area contributed by atoms with Crippen LogP contribution in [0.25, 0.3) is 10.2 Å². The summed E-state index contributed by atoms with van der Waals surface area (Å²) in [5.74, 6) is -0.0623. The van der Waals surface area contributed by atoms with E-state index in [4.69, 9.17) is 10.5 Å². The van der Waals surface area contributed by atoms with Gasteiger partial charge < -0.3 is 15.4 Å². The summed E-state index contributed by atoms with van der Waals surface area (Å²) in [5.41, 5.74) is 6.27. The number of carbonyl (C=O) groups is 1. The molecule has 102 valence electrons. The minimum atomic E-state index is -0.0623. The van der Waals surface area contributed by atoms with E-state index in [-0.39, 0.29) is 12.5 Å². The van der Waals surface area contributed by atoms with Gasteiger partial charge >= 0.3 is 0 Å². The van der Waals surface area contributed by atoms with Gasteiger partial charge in [-0.05, 0) is 12.1 Å². The molecular formula is C13H17N3O2S. The molecule has 0 aliphatic heterocycles. The Morgan fingerprint density at radius 3 is 3.00 bits per heavy atom. The van der Waals surface area contributed by atoms with Gasteiger partial charge in [-0.1, -0.05) is 12.1 Å². The van der Waals surface area contributed by atoms with Gasteiger partial charge in [-0.2, -0.15) is 0 Å². The molecule has 6 heteroatoms. The van der Waals surface area contributed by atoms with Gasteiger partial charge in [0.2, 0.25) is 5.91 Å². The summed E-state index contributed by atoms with van der Waals surface area (Å²) in [6.45, 7) is 1.40. The molecule has 0 radical (unpaired) electrons. The zero-order valence-corrected chi connectivity index (χ0v) is 11.7. The monoisotopic (exact) mass is 279 g/mol. The molecule has 0 unspecified atom stereocenters. The summed E-state index contributed by atoms with van der Waals surface area (Å²) < 4.78 is 6.27. The largest absolute Gasteiger partial charge is 0.370 e. The second-order valence-corrected chi connectivity index (χ2v) is 5.28. The van der Waals surface area contributed by atoms with Crippen molar-refractivity contribution in [3.63, 3.8) is 0 Å². The van der Waals surface area contributed by atoms with Crippen LogP contribution in [0.3, 0.4) is 0 Å². The minimum absolute atomic E-state index is 0.0623. The summed E-state index contributed by atoms with van der Waals surface area (Å²) in [5, 5.41) is 0.927. The molecule has 0 spiro atoms. The molecule has 0 bridgehead atoms. The van der Waals surface area contributed by atoms with E-state index in [9.17, 15) is 4.79 Å². The van der Waals surface area contributed by atoms with E-state index < -0.39 is 0 Å². The van der Waals surface area contributed by atoms with E-state index in [1.54, 1.807) is 23.3 Å². The van der Waals surface area contributed by atoms with Crippen LogP contribution in [0.5, 0.6) is 0 Å². The van der Waals surface area contributed by atoms with Gasteiger partial charge in [0.05, 0.1) is 23.4 Å². The van der Waals surface area contributed by atoms with Gasteiger partial charge in [0.15, 0.2) is 0 Å². The molecule has 0 fully saturated rings. The molecule has 0 aliphatic rings. The number of thiazole rings is 1. The van der Waals surface area contributed by atoms with E-state index in [1.165, 1.54) is 0 Å². The van der Waals surface area contributed by atoms with Crippen molar-refractivity contribution in [2.24, 2.45) is 5.73 Å². The number of para-hydroxylation sites is 1. The lowest BCUT2D eigenvalue weighted by molar-refractivity contribution is -0.135. The quantitative estimate of drug-likeness (QED) is 0.808. The number of nitrogens with zero attached hydrogens (tertiary/aromatic N) is 2. The van der Waals surface area contributed by atoms with Crippen molar-refractivity contribution in [1.82, 2.24) is 9.88 Å². The lowest BCUT2D eigenvalue weighted by atomic mass is 10.3. The third kappa shape index (κ3) is 3.73. The number of likely N-dealkylation sites (N-methyl/N-ethyl adjacent to an activating group) is 1. The lowest BCUT2D eigenvalue weighted by Crippen LogP contribution is -2.30. The predicted octanol–water partition coefficient (Wildman–Crippen LogP) is 1.23. The molecule has 1 heterocycles. The van der Waals surface area contributed by atoms with E-state index in [2.05, 4.69) is 4.98 Å². The smallest absolute Gasteiger partial charge is 0.248 e. The zero-order chi connectivity index (χ0) is 13.7. The first-order valence-electron chi connectivity index (χ1n) is 6.07. The maximum absolute atomic E-state index is 11.8. The Balaban J connectivity index is 1.94. The van der Waals surface area contributed by atoms with E-state index >= 15 is 0 Å². The highest BCUT2D eigenvalue weighted by molar-refractivity contribution is 7.18. The van der Waals surface area contributed by atoms with Crippen LogP contribution < -0.4 is 5.73 Å². The fourth-order valence-electron chi connectivity index (χ4n) is 1.63. The first-order chi connectivity index (χ1) is 9.20. The van der Waals surface area contributed by atoms with Gasteiger partial charge in [0, 0.05) is 13.6 Å². The Morgan fingerprint density at radius 2 is 2.26 bits per heavy atom. The number of ether oxygens (including phenoxy) is 1. The second-order valence-electron chi connectivity index (χ2n) is 4.17. The standard InChI is InChI=1S/C13H17N3O2S/c1-16(13(17)9-18-7-6-14)8-12-15-10-4-2-3-5-11(10)19-12/h2-5H,6-9,14H2,1H3. The number of hydrogen-bond donors (Lipinski definition) is 1. The van der Waals surface area contributed by atoms with Gasteiger partial charge in [-0.15, -0.1) is 11.3 Å². The number of aromatic nitrogens is 1. The first kappa shape index (κ1) is 13.9. The lowest BCUT2D eigenvalue weighted by Gasteiger charge is -2.15. The van der Waals surface area contributed by atoms with Crippen molar-refractivity contribution in [3.8, 4) is 0 Å². The predicted molar refractivity (Wildman–Crippen MR) is 76.0 cm³/mol. The van der Waals surface area contributed by atoms with Gasteiger partial charge in [-0.25, -0.2) is 4.98 Å². The van der Waals surface area contributed by atoms with E-state index in [0.717, 1.165) is 15.2 Å². The van der Waals surface area contributed by atoms with Crippen molar-refractivity contribution in [3.05, 3.63) is 29.3 Å². The van der Waals surface area contributed by atoms with Crippen LogP contribution in [0.4, 0.5) is 0 Å². The molecule has 1 aromatic heterocycles. The summed E-state index contributed by atoms with van der Waals surface area (Å²) in [7, 11) is 1.75. The van der Waals surface area contributed by atoms with Crippen LogP contribution >= 0.6 is 11.3 Å². The number of hydrogen-bond acceptors (Lipinski definition) is 5. The highest BCUT2D eigenvalue weighted by Gasteiger charge is 2.12. The third-order valence-electron chi connectivity index (χ3n) is 2.62. The summed E-state index contributed by atoms with van der Waals surface area (Å²) in [6.07, 6.45) is 0. The maximum atomic E-state index is 11.8. The average Bonchev–Trinajstić information content (AvgIpc) is 2.80. The van der Waals surface area contributed by atoms with Gasteiger partial charge in [0.1, 0.15) is 11.6 Å². The summed E-state index contributed by atoms with van der Waals surface area (Å²) >= 11 is 1.61. The van der Waals surface area contributed by atoms with E-state index in [1.807, 2.05) is 24.3 Å². The highest BCUT2D eigenvalue weighted by Crippen LogP contribution is 2.22. The molecule has 19 heavy (non-hydrogen) atoms. The second kappa shape index (κ2) is 6.60. The first-order valence-corrected chi connectivity index (χ1v) is 6.88. The number of amides is 1. The number of fused-ring (bicyclic) bond motifs is 1. The molecule has 0 aliphatic carbocycles. The van der Waals surface area contributed by atoms with Crippen molar-refractivity contribution >= 4 is 27.5 Å². The Hall–Kier alpha value is -1.50. The molecule has 5 nitrogen and oxygen atoms in total. The maximum Gasteiger partial charge on any atom is 0.248 e. The Kier molecular flexibility index (Phi) is 4.84. The number of nitrogens with two attached hydrogens (primary N) is 1. The Morgan fingerprint density at radius 1 is 1.47 bits per heavy atom. The van der Waals surface area contributed by atoms with Crippen LogP contribution in [0, 0.1) is 0 Å². The molecule has 0 atom stereocenters. The van der Waals surface area contributed by atoms with Crippen molar-refractivity contribution in [1.29, 1.82) is 0 Å². The zero-order valence-electron chi connectivity index (χ0n) is 10.8. The SMILES string of the molecule is CN(Cc1nc2ccccc2s1)C(=O)COCCN. The minimum Gasteiger partial charge on any atom is -0.370 e. The van der Waals surface area contributed by atoms with Crippen LogP contribution in [0.2, 0.25) is 0 Å². The average molecular weight is 279 g/mol. The van der Waals surface area contributed by atoms with Crippen LogP contribution in [-0.4, -0.2) is 42.6 Å². The number of rotatable bonds is 6. The topological polar surface area (TPSA) is 68.5 Å². The molecule has 0 saturated carbocycles. The fourth-order valence-corrected chi connectivity index (χ4v) is 2.65. The van der Waals surface area contributed by atoms with Crippen molar-refractivity contribution < 1.29 is 9.53 Å². The molecule has 2 aromatic rings. The van der Waals surface area contributed by atoms with Crippen LogP contribution in [0.15, 0.2) is 24.3 Å². The van der Waals surface area contributed by atoms with Gasteiger partial charge in [0.25, 0.3) is 0 Å². The highest BCUT2D eigenvalue weighted by atomic mass is 32.1. The van der Waals surface area contributed by atoms with Crippen LogP contribution in [-0.2, 0) is 16.1 Å².